The average Bonchev–Trinajstić information content (AvgIpc) is 2.17. The minimum Gasteiger partial charge on any atom is -0.481 e. The third kappa shape index (κ3) is 1.62. The molecule has 0 fully saturated rings. The van der Waals surface area contributed by atoms with Gasteiger partial charge in [0.15, 0.2) is 0 Å². The number of benzene rings is 1. The Morgan fingerprint density at radius 1 is 1.53 bits per heavy atom. The number of aliphatic carboxylic acids is 1. The molecule has 1 aliphatic rings. The Kier molecular flexibility index (Phi) is 2.25. The zero-order valence-corrected chi connectivity index (χ0v) is 8.59. The second-order valence-electron chi connectivity index (χ2n) is 4.42. The molecule has 80 valence electrons. The Morgan fingerprint density at radius 3 is 2.93 bits per heavy atom. The lowest BCUT2D eigenvalue weighted by atomic mass is 9.73. The van der Waals surface area contributed by atoms with E-state index in [0.29, 0.717) is 24.8 Å². The van der Waals surface area contributed by atoms with Crippen molar-refractivity contribution in [1.82, 2.24) is 0 Å². The van der Waals surface area contributed by atoms with Crippen molar-refractivity contribution in [2.75, 3.05) is 0 Å². The predicted octanol–water partition coefficient (Wildman–Crippen LogP) is 2.41. The molecule has 0 spiro atoms. The summed E-state index contributed by atoms with van der Waals surface area (Å²) in [6.45, 7) is 1.73. The number of halogens is 1. The van der Waals surface area contributed by atoms with Crippen LogP contribution in [0.25, 0.3) is 0 Å². The molecule has 3 heteroatoms. The SMILES string of the molecule is CC1(C(=O)O)CCc2c(F)cccc2C1. The number of rotatable bonds is 1. The summed E-state index contributed by atoms with van der Waals surface area (Å²) >= 11 is 0. The van der Waals surface area contributed by atoms with Gasteiger partial charge in [-0.2, -0.15) is 0 Å². The van der Waals surface area contributed by atoms with Gasteiger partial charge in [-0.3, -0.25) is 4.79 Å². The Labute approximate surface area is 87.7 Å². The Morgan fingerprint density at radius 2 is 2.27 bits per heavy atom. The zero-order valence-electron chi connectivity index (χ0n) is 8.59. The first-order valence-electron chi connectivity index (χ1n) is 5.02. The normalized spacial score (nSPS) is 24.7. The van der Waals surface area contributed by atoms with E-state index in [1.165, 1.54) is 6.07 Å². The summed E-state index contributed by atoms with van der Waals surface area (Å²) in [4.78, 5) is 11.1. The largest absolute Gasteiger partial charge is 0.481 e. The van der Waals surface area contributed by atoms with Crippen molar-refractivity contribution in [3.05, 3.63) is 35.1 Å². The topological polar surface area (TPSA) is 37.3 Å². The molecule has 1 N–H and O–H groups in total. The van der Waals surface area contributed by atoms with Crippen LogP contribution in [-0.4, -0.2) is 11.1 Å². The van der Waals surface area contributed by atoms with E-state index in [4.69, 9.17) is 5.11 Å². The van der Waals surface area contributed by atoms with Crippen LogP contribution < -0.4 is 0 Å². The summed E-state index contributed by atoms with van der Waals surface area (Å²) < 4.78 is 13.4. The van der Waals surface area contributed by atoms with Gasteiger partial charge in [-0.15, -0.1) is 0 Å². The molecule has 1 unspecified atom stereocenters. The molecule has 0 aromatic heterocycles. The van der Waals surface area contributed by atoms with E-state index in [2.05, 4.69) is 0 Å². The van der Waals surface area contributed by atoms with E-state index in [-0.39, 0.29) is 5.82 Å². The molecule has 2 nitrogen and oxygen atoms in total. The number of carbonyl (C=O) groups is 1. The van der Waals surface area contributed by atoms with Gasteiger partial charge in [0.05, 0.1) is 5.41 Å². The van der Waals surface area contributed by atoms with E-state index in [1.807, 2.05) is 6.07 Å². The molecule has 0 heterocycles. The summed E-state index contributed by atoms with van der Waals surface area (Å²) in [6, 6.07) is 4.89. The fourth-order valence-electron chi connectivity index (χ4n) is 2.14. The summed E-state index contributed by atoms with van der Waals surface area (Å²) in [5.41, 5.74) is 0.795. The molecule has 1 aromatic rings. The van der Waals surface area contributed by atoms with E-state index in [9.17, 15) is 9.18 Å². The lowest BCUT2D eigenvalue weighted by molar-refractivity contribution is -0.148. The van der Waals surface area contributed by atoms with Crippen LogP contribution in [0.3, 0.4) is 0 Å². The standard InChI is InChI=1S/C12H13FO2/c1-12(11(14)15)6-5-9-8(7-12)3-2-4-10(9)13/h2-4H,5-7H2,1H3,(H,14,15). The zero-order chi connectivity index (χ0) is 11.1. The van der Waals surface area contributed by atoms with Crippen LogP contribution in [0, 0.1) is 11.2 Å². The van der Waals surface area contributed by atoms with Gasteiger partial charge >= 0.3 is 5.97 Å². The third-order valence-electron chi connectivity index (χ3n) is 3.24. The van der Waals surface area contributed by atoms with Crippen molar-refractivity contribution in [1.29, 1.82) is 0 Å². The quantitative estimate of drug-likeness (QED) is 0.769. The predicted molar refractivity (Wildman–Crippen MR) is 54.2 cm³/mol. The monoisotopic (exact) mass is 208 g/mol. The molecule has 0 radical (unpaired) electrons. The molecule has 1 atom stereocenters. The van der Waals surface area contributed by atoms with Gasteiger partial charge in [0, 0.05) is 0 Å². The molecule has 15 heavy (non-hydrogen) atoms. The summed E-state index contributed by atoms with van der Waals surface area (Å²) in [5, 5.41) is 9.10. The fourth-order valence-corrected chi connectivity index (χ4v) is 2.14. The van der Waals surface area contributed by atoms with Crippen LogP contribution in [-0.2, 0) is 17.6 Å². The lowest BCUT2D eigenvalue weighted by Crippen LogP contribution is -2.34. The molecule has 2 rings (SSSR count). The number of hydrogen-bond acceptors (Lipinski definition) is 1. The van der Waals surface area contributed by atoms with Gasteiger partial charge in [-0.05, 0) is 43.4 Å². The lowest BCUT2D eigenvalue weighted by Gasteiger charge is -2.30. The fraction of sp³-hybridized carbons (Fsp3) is 0.417. The van der Waals surface area contributed by atoms with Gasteiger partial charge in [-0.1, -0.05) is 12.1 Å². The van der Waals surface area contributed by atoms with E-state index < -0.39 is 11.4 Å². The van der Waals surface area contributed by atoms with Crippen LogP contribution in [0.5, 0.6) is 0 Å². The van der Waals surface area contributed by atoms with Crippen molar-refractivity contribution in [2.45, 2.75) is 26.2 Å². The van der Waals surface area contributed by atoms with Gasteiger partial charge in [0.1, 0.15) is 5.82 Å². The molecule has 0 bridgehead atoms. The molecule has 0 amide bonds. The minimum absolute atomic E-state index is 0.208. The Bertz CT molecular complexity index is 414. The van der Waals surface area contributed by atoms with Crippen molar-refractivity contribution < 1.29 is 14.3 Å². The van der Waals surface area contributed by atoms with Gasteiger partial charge < -0.3 is 5.11 Å². The Hall–Kier alpha value is -1.38. The van der Waals surface area contributed by atoms with Crippen LogP contribution in [0.4, 0.5) is 4.39 Å². The number of carboxylic acids is 1. The summed E-state index contributed by atoms with van der Waals surface area (Å²) in [5.74, 6) is -1.00. The van der Waals surface area contributed by atoms with E-state index >= 15 is 0 Å². The molecule has 0 aliphatic heterocycles. The first-order chi connectivity index (χ1) is 7.03. The first-order valence-corrected chi connectivity index (χ1v) is 5.02. The second-order valence-corrected chi connectivity index (χ2v) is 4.42. The van der Waals surface area contributed by atoms with Gasteiger partial charge in [0.25, 0.3) is 0 Å². The number of hydrogen-bond donors (Lipinski definition) is 1. The minimum atomic E-state index is -0.794. The smallest absolute Gasteiger partial charge is 0.309 e. The highest BCUT2D eigenvalue weighted by atomic mass is 19.1. The molecular formula is C12H13FO2. The maximum Gasteiger partial charge on any atom is 0.309 e. The first kappa shape index (κ1) is 10.1. The highest BCUT2D eigenvalue weighted by molar-refractivity contribution is 5.75. The second kappa shape index (κ2) is 3.33. The summed E-state index contributed by atoms with van der Waals surface area (Å²) in [6.07, 6.45) is 1.45. The highest BCUT2D eigenvalue weighted by Gasteiger charge is 2.37. The average molecular weight is 208 g/mol. The van der Waals surface area contributed by atoms with Crippen LogP contribution in [0.1, 0.15) is 24.5 Å². The maximum absolute atomic E-state index is 13.4. The molecule has 0 saturated heterocycles. The van der Waals surface area contributed by atoms with Crippen molar-refractivity contribution in [2.24, 2.45) is 5.41 Å². The van der Waals surface area contributed by atoms with Crippen molar-refractivity contribution in [3.8, 4) is 0 Å². The molecule has 1 aromatic carbocycles. The molecule has 0 saturated carbocycles. The highest BCUT2D eigenvalue weighted by Crippen LogP contribution is 2.36. The third-order valence-corrected chi connectivity index (χ3v) is 3.24. The van der Waals surface area contributed by atoms with E-state index in [0.717, 1.165) is 5.56 Å². The molecule has 1 aliphatic carbocycles. The molecular weight excluding hydrogens is 195 g/mol. The number of carboxylic acid groups (broad SMARTS) is 1. The van der Waals surface area contributed by atoms with Crippen LogP contribution in [0.2, 0.25) is 0 Å². The van der Waals surface area contributed by atoms with E-state index in [1.54, 1.807) is 13.0 Å². The van der Waals surface area contributed by atoms with Gasteiger partial charge in [0.2, 0.25) is 0 Å². The van der Waals surface area contributed by atoms with Crippen LogP contribution in [0.15, 0.2) is 18.2 Å². The summed E-state index contributed by atoms with van der Waals surface area (Å²) in [7, 11) is 0. The van der Waals surface area contributed by atoms with Gasteiger partial charge in [-0.25, -0.2) is 4.39 Å². The Balaban J connectivity index is 2.39. The van der Waals surface area contributed by atoms with Crippen molar-refractivity contribution in [3.63, 3.8) is 0 Å². The van der Waals surface area contributed by atoms with Crippen LogP contribution >= 0.6 is 0 Å². The van der Waals surface area contributed by atoms with Crippen molar-refractivity contribution >= 4 is 5.97 Å². The number of fused-ring (bicyclic) bond motifs is 1. The maximum atomic E-state index is 13.4.